The molecule has 0 spiro atoms. The van der Waals surface area contributed by atoms with Gasteiger partial charge in [0.05, 0.1) is 17.3 Å². The van der Waals surface area contributed by atoms with E-state index in [1.807, 2.05) is 45.1 Å². The summed E-state index contributed by atoms with van der Waals surface area (Å²) < 4.78 is 23.4. The second kappa shape index (κ2) is 13.5. The zero-order valence-corrected chi connectivity index (χ0v) is 28.5. The smallest absolute Gasteiger partial charge is 0.355 e. The van der Waals surface area contributed by atoms with Crippen LogP contribution in [0.4, 0.5) is 0 Å². The van der Waals surface area contributed by atoms with E-state index in [0.29, 0.717) is 16.8 Å². The number of carbonyl (C=O) groups excluding carboxylic acids is 3. The molecule has 2 aromatic rings. The van der Waals surface area contributed by atoms with E-state index in [1.165, 1.54) is 7.11 Å². The number of hydrogen-bond donors (Lipinski definition) is 3. The summed E-state index contributed by atoms with van der Waals surface area (Å²) in [7, 11) is 1.42. The van der Waals surface area contributed by atoms with E-state index in [2.05, 4.69) is 4.98 Å². The van der Waals surface area contributed by atoms with Crippen molar-refractivity contribution in [2.24, 2.45) is 41.4 Å². The maximum atomic E-state index is 13.6. The molecule has 6 rings (SSSR count). The normalized spacial score (nSPS) is 39.0. The van der Waals surface area contributed by atoms with E-state index >= 15 is 0 Å². The number of allylic oxidation sites excluding steroid dienone is 1. The Bertz CT molecular complexity index is 1590. The van der Waals surface area contributed by atoms with Crippen LogP contribution >= 0.6 is 11.6 Å². The molecular formula is C37H44ClNO9. The van der Waals surface area contributed by atoms with E-state index in [-0.39, 0.29) is 36.0 Å². The molecule has 1 aliphatic heterocycles. The number of H-pyrrole nitrogens is 1. The van der Waals surface area contributed by atoms with Gasteiger partial charge in [-0.05, 0) is 67.5 Å². The maximum absolute atomic E-state index is 13.6. The fourth-order valence-corrected chi connectivity index (χ4v) is 8.99. The molecule has 2 unspecified atom stereocenters. The van der Waals surface area contributed by atoms with Crippen molar-refractivity contribution < 1.29 is 43.5 Å². The number of aliphatic hydroxyl groups is 2. The SMILES string of the molecule is CO[C@H]1CC2C=C[C@H]3[C@H]4C([C@H]3[C@]2(O)/C(C)=C/[C@@H](C)[C@@H]([C@@H](C)OC(=O)c2cccc(CCl)c2)OC1=O)[C@H](O)[C@@H](C)[C@H]4OC(=O)c1ccc[nH]1. The van der Waals surface area contributed by atoms with Crippen LogP contribution in [0.1, 0.15) is 60.5 Å². The number of fused-ring (bicyclic) bond motifs is 6. The topological polar surface area (TPSA) is 144 Å². The van der Waals surface area contributed by atoms with Gasteiger partial charge < -0.3 is 34.1 Å². The predicted octanol–water partition coefficient (Wildman–Crippen LogP) is 4.84. The van der Waals surface area contributed by atoms with Crippen LogP contribution in [-0.4, -0.2) is 76.3 Å². The molecule has 48 heavy (non-hydrogen) atoms. The number of esters is 3. The Hall–Kier alpha value is -3.44. The number of hydrogen-bond acceptors (Lipinski definition) is 9. The fourth-order valence-electron chi connectivity index (χ4n) is 8.82. The first-order valence-electron chi connectivity index (χ1n) is 16.6. The monoisotopic (exact) mass is 681 g/mol. The zero-order chi connectivity index (χ0) is 34.5. The molecule has 1 aromatic heterocycles. The highest BCUT2D eigenvalue weighted by Crippen LogP contribution is 2.66. The van der Waals surface area contributed by atoms with E-state index in [4.69, 9.17) is 30.5 Å². The first kappa shape index (κ1) is 34.4. The summed E-state index contributed by atoms with van der Waals surface area (Å²) in [4.78, 5) is 42.5. The number of aromatic amines is 1. The average molecular weight is 682 g/mol. The molecule has 0 bridgehead atoms. The molecule has 3 N–H and O–H groups in total. The van der Waals surface area contributed by atoms with Crippen LogP contribution in [0.25, 0.3) is 0 Å². The summed E-state index contributed by atoms with van der Waals surface area (Å²) >= 11 is 5.96. The summed E-state index contributed by atoms with van der Waals surface area (Å²) in [6.07, 6.45) is 3.53. The molecule has 10 nitrogen and oxygen atoms in total. The van der Waals surface area contributed by atoms with Crippen molar-refractivity contribution in [1.82, 2.24) is 4.98 Å². The average Bonchev–Trinajstić information content (AvgIpc) is 3.67. The number of nitrogens with one attached hydrogen (secondary N) is 1. The standard InChI is InChI=1S/C37H44ClNO9/c1-18-14-19(2)37(44)24(11-12-25-28-29(30(25)37)31(40)20(3)33(28)48-35(42)26-10-7-13-39-26)16-27(45-5)36(43)47-32(18)21(4)46-34(41)23-9-6-8-22(15-23)17-38/h6-15,18,20-21,24-25,27-33,39-40,44H,16-17H2,1-5H3/b19-14+/t18-,20-,21-,24?,25+,27+,28+,29?,30+,31-,32+,33-,37+/m1/s1. The van der Waals surface area contributed by atoms with Gasteiger partial charge in [-0.15, -0.1) is 11.6 Å². The number of methoxy groups -OCH3 is 1. The van der Waals surface area contributed by atoms with Crippen LogP contribution < -0.4 is 0 Å². The lowest BCUT2D eigenvalue weighted by Gasteiger charge is -2.61. The predicted molar refractivity (Wildman–Crippen MR) is 176 cm³/mol. The molecule has 0 amide bonds. The van der Waals surface area contributed by atoms with Gasteiger partial charge in [0.15, 0.2) is 6.10 Å². The Morgan fingerprint density at radius 3 is 2.60 bits per heavy atom. The minimum Gasteiger partial charge on any atom is -0.457 e. The van der Waals surface area contributed by atoms with E-state index in [9.17, 15) is 24.6 Å². The van der Waals surface area contributed by atoms with Gasteiger partial charge >= 0.3 is 17.9 Å². The van der Waals surface area contributed by atoms with Crippen molar-refractivity contribution in [2.45, 2.75) is 76.1 Å². The lowest BCUT2D eigenvalue weighted by molar-refractivity contribution is -0.186. The molecule has 2 fully saturated rings. The van der Waals surface area contributed by atoms with Crippen LogP contribution in [0.5, 0.6) is 0 Å². The van der Waals surface area contributed by atoms with Crippen molar-refractivity contribution in [1.29, 1.82) is 0 Å². The minimum atomic E-state index is -1.45. The van der Waals surface area contributed by atoms with Crippen molar-refractivity contribution >= 4 is 29.5 Å². The number of alkyl halides is 1. The number of cyclic esters (lactones) is 1. The Morgan fingerprint density at radius 1 is 1.15 bits per heavy atom. The third kappa shape index (κ3) is 5.80. The molecular weight excluding hydrogens is 638 g/mol. The number of carbonyl (C=O) groups is 3. The van der Waals surface area contributed by atoms with Crippen LogP contribution in [0.3, 0.4) is 0 Å². The van der Waals surface area contributed by atoms with Gasteiger partial charge in [-0.3, -0.25) is 0 Å². The highest BCUT2D eigenvalue weighted by molar-refractivity contribution is 6.17. The first-order valence-corrected chi connectivity index (χ1v) is 17.1. The van der Waals surface area contributed by atoms with Crippen molar-refractivity contribution in [2.75, 3.05) is 7.11 Å². The van der Waals surface area contributed by atoms with Crippen molar-refractivity contribution in [3.63, 3.8) is 0 Å². The van der Waals surface area contributed by atoms with Crippen molar-refractivity contribution in [3.8, 4) is 0 Å². The van der Waals surface area contributed by atoms with E-state index < -0.39 is 71.8 Å². The van der Waals surface area contributed by atoms with Gasteiger partial charge in [0.25, 0.3) is 0 Å². The molecule has 2 heterocycles. The van der Waals surface area contributed by atoms with E-state index in [1.54, 1.807) is 43.5 Å². The van der Waals surface area contributed by atoms with Crippen LogP contribution in [-0.2, 0) is 29.6 Å². The molecule has 3 aliphatic carbocycles. The number of ether oxygens (including phenoxy) is 4. The summed E-state index contributed by atoms with van der Waals surface area (Å²) in [6, 6.07) is 10.2. The van der Waals surface area contributed by atoms with Gasteiger partial charge in [-0.1, -0.05) is 44.2 Å². The van der Waals surface area contributed by atoms with E-state index in [0.717, 1.165) is 5.56 Å². The van der Waals surface area contributed by atoms with Crippen LogP contribution in [0, 0.1) is 41.4 Å². The second-order valence-electron chi connectivity index (χ2n) is 13.9. The minimum absolute atomic E-state index is 0.130. The Labute approximate surface area is 285 Å². The first-order chi connectivity index (χ1) is 22.9. The lowest BCUT2D eigenvalue weighted by Crippen LogP contribution is -2.65. The van der Waals surface area contributed by atoms with Gasteiger partial charge in [-0.2, -0.15) is 0 Å². The van der Waals surface area contributed by atoms with Crippen molar-refractivity contribution in [3.05, 3.63) is 83.2 Å². The summed E-state index contributed by atoms with van der Waals surface area (Å²) in [6.45, 7) is 7.26. The molecule has 0 saturated heterocycles. The highest BCUT2D eigenvalue weighted by atomic mass is 35.5. The molecule has 1 aromatic carbocycles. The third-order valence-corrected chi connectivity index (χ3v) is 11.6. The van der Waals surface area contributed by atoms with Gasteiger partial charge in [0.2, 0.25) is 0 Å². The zero-order valence-electron chi connectivity index (χ0n) is 27.7. The fraction of sp³-hybridized carbons (Fsp3) is 0.541. The third-order valence-electron chi connectivity index (χ3n) is 11.3. The van der Waals surface area contributed by atoms with Gasteiger partial charge in [0.1, 0.15) is 24.0 Å². The van der Waals surface area contributed by atoms with Crippen LogP contribution in [0.2, 0.25) is 0 Å². The number of aliphatic hydroxyl groups excluding tert-OH is 1. The number of aromatic nitrogens is 1. The lowest BCUT2D eigenvalue weighted by atomic mass is 9.46. The molecule has 11 heteroatoms. The maximum Gasteiger partial charge on any atom is 0.355 e. The molecule has 4 aliphatic rings. The van der Waals surface area contributed by atoms with Gasteiger partial charge in [-0.25, -0.2) is 14.4 Å². The second-order valence-corrected chi connectivity index (χ2v) is 14.2. The Morgan fingerprint density at radius 2 is 1.92 bits per heavy atom. The summed E-state index contributed by atoms with van der Waals surface area (Å²) in [5.41, 5.74) is 0.652. The van der Waals surface area contributed by atoms with Gasteiger partial charge in [0, 0.05) is 48.8 Å². The number of benzene rings is 1. The molecule has 0 radical (unpaired) electrons. The Kier molecular flexibility index (Phi) is 9.65. The quantitative estimate of drug-likeness (QED) is 0.162. The largest absolute Gasteiger partial charge is 0.457 e. The molecule has 2 saturated carbocycles. The van der Waals surface area contributed by atoms with Crippen LogP contribution in [0.15, 0.2) is 66.4 Å². The number of halogens is 1. The summed E-state index contributed by atoms with van der Waals surface area (Å²) in [5.74, 6) is -3.90. The summed E-state index contributed by atoms with van der Waals surface area (Å²) in [5, 5.41) is 24.4. The molecule has 13 atom stereocenters. The molecule has 258 valence electrons. The highest BCUT2D eigenvalue weighted by Gasteiger charge is 2.71. The number of rotatable bonds is 7. The Balaban J connectivity index is 1.30.